The van der Waals surface area contributed by atoms with Crippen molar-refractivity contribution in [2.45, 2.75) is 46.1 Å². The first-order chi connectivity index (χ1) is 7.09. The van der Waals surface area contributed by atoms with E-state index in [4.69, 9.17) is 0 Å². The Morgan fingerprint density at radius 2 is 2.12 bits per heavy atom. The Kier molecular flexibility index (Phi) is 7.77. The van der Waals surface area contributed by atoms with E-state index in [-0.39, 0.29) is 18.3 Å². The highest BCUT2D eigenvalue weighted by molar-refractivity contribution is 5.85. The fourth-order valence-electron chi connectivity index (χ4n) is 1.77. The number of hydrogen-bond donors (Lipinski definition) is 2. The summed E-state index contributed by atoms with van der Waals surface area (Å²) in [5.74, 6) is 1.26. The highest BCUT2D eigenvalue weighted by atomic mass is 35.5. The quantitative estimate of drug-likeness (QED) is 0.781. The van der Waals surface area contributed by atoms with Gasteiger partial charge in [-0.3, -0.25) is 4.79 Å². The van der Waals surface area contributed by atoms with Crippen LogP contribution in [0.25, 0.3) is 0 Å². The van der Waals surface area contributed by atoms with E-state index in [0.29, 0.717) is 24.3 Å². The summed E-state index contributed by atoms with van der Waals surface area (Å²) in [6, 6.07) is 0.503. The van der Waals surface area contributed by atoms with E-state index in [1.165, 1.54) is 12.8 Å². The van der Waals surface area contributed by atoms with Gasteiger partial charge in [0.15, 0.2) is 0 Å². The summed E-state index contributed by atoms with van der Waals surface area (Å²) in [5.41, 5.74) is 0. The third-order valence-electron chi connectivity index (χ3n) is 3.35. The lowest BCUT2D eigenvalue weighted by Crippen LogP contribution is -2.37. The maximum absolute atomic E-state index is 11.6. The lowest BCUT2D eigenvalue weighted by Gasteiger charge is -2.16. The minimum absolute atomic E-state index is 0. The van der Waals surface area contributed by atoms with E-state index in [1.54, 1.807) is 0 Å². The topological polar surface area (TPSA) is 41.1 Å². The van der Waals surface area contributed by atoms with Crippen LogP contribution in [-0.4, -0.2) is 25.0 Å². The van der Waals surface area contributed by atoms with Gasteiger partial charge in [0.1, 0.15) is 0 Å². The number of hydrogen-bond acceptors (Lipinski definition) is 2. The molecule has 1 fully saturated rings. The van der Waals surface area contributed by atoms with E-state index in [2.05, 4.69) is 31.4 Å². The van der Waals surface area contributed by atoms with Gasteiger partial charge in [0.25, 0.3) is 0 Å². The van der Waals surface area contributed by atoms with Crippen molar-refractivity contribution >= 4 is 18.3 Å². The normalized spacial score (nSPS) is 21.6. The van der Waals surface area contributed by atoms with Gasteiger partial charge < -0.3 is 10.6 Å². The molecule has 1 amide bonds. The van der Waals surface area contributed by atoms with Crippen LogP contribution in [0.3, 0.4) is 0 Å². The molecule has 0 radical (unpaired) electrons. The van der Waals surface area contributed by atoms with Crippen molar-refractivity contribution in [2.24, 2.45) is 11.8 Å². The van der Waals surface area contributed by atoms with Gasteiger partial charge in [-0.2, -0.15) is 0 Å². The zero-order valence-electron chi connectivity index (χ0n) is 10.6. The Morgan fingerprint density at radius 3 is 2.62 bits per heavy atom. The molecule has 1 saturated heterocycles. The lowest BCUT2D eigenvalue weighted by molar-refractivity contribution is -0.122. The summed E-state index contributed by atoms with van der Waals surface area (Å²) >= 11 is 0. The molecule has 1 rings (SSSR count). The van der Waals surface area contributed by atoms with Crippen molar-refractivity contribution in [1.29, 1.82) is 0 Å². The summed E-state index contributed by atoms with van der Waals surface area (Å²) in [6.45, 7) is 8.36. The fraction of sp³-hybridized carbons (Fsp3) is 0.917. The largest absolute Gasteiger partial charge is 0.355 e. The van der Waals surface area contributed by atoms with Gasteiger partial charge in [-0.15, -0.1) is 12.4 Å². The number of rotatable bonds is 5. The van der Waals surface area contributed by atoms with Gasteiger partial charge in [-0.1, -0.05) is 20.8 Å². The van der Waals surface area contributed by atoms with Crippen molar-refractivity contribution in [2.75, 3.05) is 13.1 Å². The Labute approximate surface area is 105 Å². The molecule has 0 aliphatic carbocycles. The zero-order valence-corrected chi connectivity index (χ0v) is 11.4. The number of halogens is 1. The van der Waals surface area contributed by atoms with Crippen LogP contribution in [-0.2, 0) is 4.79 Å². The molecule has 2 atom stereocenters. The molecular weight excluding hydrogens is 224 g/mol. The predicted molar refractivity (Wildman–Crippen MR) is 69.9 cm³/mol. The summed E-state index contributed by atoms with van der Waals surface area (Å²) < 4.78 is 0. The smallest absolute Gasteiger partial charge is 0.220 e. The second kappa shape index (κ2) is 7.91. The van der Waals surface area contributed by atoms with Crippen molar-refractivity contribution < 1.29 is 4.79 Å². The molecule has 0 saturated carbocycles. The summed E-state index contributed by atoms with van der Waals surface area (Å²) in [4.78, 5) is 11.6. The molecule has 2 N–H and O–H groups in total. The molecular formula is C12H25ClN2O. The highest BCUT2D eigenvalue weighted by Gasteiger charge is 2.16. The van der Waals surface area contributed by atoms with Gasteiger partial charge in [0.2, 0.25) is 5.91 Å². The molecule has 4 heteroatoms. The number of amides is 1. The molecule has 0 aromatic rings. The Morgan fingerprint density at radius 1 is 1.44 bits per heavy atom. The van der Waals surface area contributed by atoms with Crippen LogP contribution in [0.5, 0.6) is 0 Å². The first-order valence-electron chi connectivity index (χ1n) is 6.09. The summed E-state index contributed by atoms with van der Waals surface area (Å²) in [6.07, 6.45) is 3.09. The SMILES string of the molecule is CC(C)C(C)CC(=O)NCC1CCCN1.Cl. The van der Waals surface area contributed by atoms with Gasteiger partial charge in [-0.05, 0) is 31.2 Å². The van der Waals surface area contributed by atoms with E-state index in [0.717, 1.165) is 13.1 Å². The van der Waals surface area contributed by atoms with Crippen LogP contribution < -0.4 is 10.6 Å². The van der Waals surface area contributed by atoms with E-state index < -0.39 is 0 Å². The molecule has 0 aromatic heterocycles. The van der Waals surface area contributed by atoms with Gasteiger partial charge >= 0.3 is 0 Å². The Hall–Kier alpha value is -0.280. The van der Waals surface area contributed by atoms with Gasteiger partial charge in [0, 0.05) is 19.0 Å². The molecule has 0 bridgehead atoms. The molecule has 3 nitrogen and oxygen atoms in total. The molecule has 0 aromatic carbocycles. The zero-order chi connectivity index (χ0) is 11.3. The molecule has 0 spiro atoms. The number of nitrogens with one attached hydrogen (secondary N) is 2. The third-order valence-corrected chi connectivity index (χ3v) is 3.35. The van der Waals surface area contributed by atoms with Crippen molar-refractivity contribution in [1.82, 2.24) is 10.6 Å². The van der Waals surface area contributed by atoms with Crippen molar-refractivity contribution in [3.63, 3.8) is 0 Å². The minimum atomic E-state index is 0. The van der Waals surface area contributed by atoms with Crippen LogP contribution in [0.4, 0.5) is 0 Å². The molecule has 1 aliphatic heterocycles. The molecule has 16 heavy (non-hydrogen) atoms. The number of carbonyl (C=O) groups is 1. The van der Waals surface area contributed by atoms with Crippen LogP contribution in [0.1, 0.15) is 40.0 Å². The monoisotopic (exact) mass is 248 g/mol. The van der Waals surface area contributed by atoms with Crippen molar-refractivity contribution in [3.05, 3.63) is 0 Å². The predicted octanol–water partition coefficient (Wildman–Crippen LogP) is 1.96. The molecule has 96 valence electrons. The highest BCUT2D eigenvalue weighted by Crippen LogP contribution is 2.13. The van der Waals surface area contributed by atoms with Crippen LogP contribution >= 0.6 is 12.4 Å². The van der Waals surface area contributed by atoms with Gasteiger partial charge in [0.05, 0.1) is 0 Å². The second-order valence-electron chi connectivity index (χ2n) is 5.02. The maximum atomic E-state index is 11.6. The van der Waals surface area contributed by atoms with E-state index in [9.17, 15) is 4.79 Å². The second-order valence-corrected chi connectivity index (χ2v) is 5.02. The summed E-state index contributed by atoms with van der Waals surface area (Å²) in [5, 5.41) is 6.38. The first kappa shape index (κ1) is 15.7. The van der Waals surface area contributed by atoms with Crippen LogP contribution in [0, 0.1) is 11.8 Å². The Bertz CT molecular complexity index is 203. The average molecular weight is 249 g/mol. The fourth-order valence-corrected chi connectivity index (χ4v) is 1.77. The lowest BCUT2D eigenvalue weighted by atomic mass is 9.94. The first-order valence-corrected chi connectivity index (χ1v) is 6.09. The van der Waals surface area contributed by atoms with Crippen LogP contribution in [0.15, 0.2) is 0 Å². The third kappa shape index (κ3) is 5.71. The van der Waals surface area contributed by atoms with Crippen LogP contribution in [0.2, 0.25) is 0 Å². The standard InChI is InChI=1S/C12H24N2O.ClH/c1-9(2)10(3)7-12(15)14-8-11-5-4-6-13-11;/h9-11,13H,4-8H2,1-3H3,(H,14,15);1H. The van der Waals surface area contributed by atoms with Gasteiger partial charge in [-0.25, -0.2) is 0 Å². The van der Waals surface area contributed by atoms with E-state index >= 15 is 0 Å². The molecule has 1 aliphatic rings. The number of carbonyl (C=O) groups excluding carboxylic acids is 1. The average Bonchev–Trinajstić information content (AvgIpc) is 2.66. The molecule has 2 unspecified atom stereocenters. The maximum Gasteiger partial charge on any atom is 0.220 e. The molecule has 1 heterocycles. The summed E-state index contributed by atoms with van der Waals surface area (Å²) in [7, 11) is 0. The van der Waals surface area contributed by atoms with Crippen molar-refractivity contribution in [3.8, 4) is 0 Å². The minimum Gasteiger partial charge on any atom is -0.355 e. The Balaban J connectivity index is 0.00000225. The van der Waals surface area contributed by atoms with E-state index in [1.807, 2.05) is 0 Å².